The van der Waals surface area contributed by atoms with Crippen LogP contribution in [-0.2, 0) is 13.6 Å². The van der Waals surface area contributed by atoms with Gasteiger partial charge < -0.3 is 19.7 Å². The first-order chi connectivity index (χ1) is 13.6. The third-order valence-electron chi connectivity index (χ3n) is 4.31. The zero-order valence-electron chi connectivity index (χ0n) is 15.0. The highest BCUT2D eigenvalue weighted by atomic mass is 16.5. The highest BCUT2D eigenvalue weighted by Crippen LogP contribution is 2.16. The average Bonchev–Trinajstić information content (AvgIpc) is 3.24. The number of anilines is 2. The molecule has 0 spiro atoms. The third-order valence-corrected chi connectivity index (χ3v) is 4.31. The molecule has 0 atom stereocenters. The molecule has 0 unspecified atom stereocenters. The number of carbonyl (C=O) groups is 1. The van der Waals surface area contributed by atoms with Crippen LogP contribution in [0.3, 0.4) is 0 Å². The van der Waals surface area contributed by atoms with Crippen LogP contribution in [0.15, 0.2) is 70.2 Å². The van der Waals surface area contributed by atoms with E-state index in [2.05, 4.69) is 20.8 Å². The Balaban J connectivity index is 1.50. The maximum atomic E-state index is 12.5. The van der Waals surface area contributed by atoms with Crippen molar-refractivity contribution in [2.24, 2.45) is 7.05 Å². The van der Waals surface area contributed by atoms with Gasteiger partial charge in [0.15, 0.2) is 5.82 Å². The van der Waals surface area contributed by atoms with Crippen LogP contribution >= 0.6 is 0 Å². The normalized spacial score (nSPS) is 10.8. The molecule has 2 aromatic heterocycles. The summed E-state index contributed by atoms with van der Waals surface area (Å²) < 4.78 is 6.28. The summed E-state index contributed by atoms with van der Waals surface area (Å²) >= 11 is 0. The van der Waals surface area contributed by atoms with Crippen molar-refractivity contribution in [3.05, 3.63) is 82.5 Å². The zero-order chi connectivity index (χ0) is 19.5. The van der Waals surface area contributed by atoms with E-state index in [0.717, 1.165) is 11.0 Å². The highest BCUT2D eigenvalue weighted by Gasteiger charge is 2.10. The first-order valence-electron chi connectivity index (χ1n) is 8.62. The molecule has 4 rings (SSSR count). The maximum Gasteiger partial charge on any atom is 0.293 e. The Morgan fingerprint density at radius 3 is 2.64 bits per heavy atom. The fourth-order valence-electron chi connectivity index (χ4n) is 2.80. The van der Waals surface area contributed by atoms with Crippen LogP contribution in [0.2, 0.25) is 0 Å². The Hall–Kier alpha value is -3.94. The Bertz CT molecular complexity index is 1180. The van der Waals surface area contributed by atoms with E-state index in [1.165, 1.54) is 6.26 Å². The van der Waals surface area contributed by atoms with E-state index in [0.29, 0.717) is 16.9 Å². The molecule has 0 bridgehead atoms. The summed E-state index contributed by atoms with van der Waals surface area (Å²) in [6.45, 7) is 0.284. The molecule has 8 heteroatoms. The summed E-state index contributed by atoms with van der Waals surface area (Å²) in [7, 11) is 1.71. The molecule has 0 saturated heterocycles. The second kappa shape index (κ2) is 7.36. The lowest BCUT2D eigenvalue weighted by molar-refractivity contribution is 0.0950. The Kier molecular flexibility index (Phi) is 4.59. The van der Waals surface area contributed by atoms with Crippen molar-refractivity contribution >= 4 is 28.4 Å². The molecule has 28 heavy (non-hydrogen) atoms. The first-order valence-corrected chi connectivity index (χ1v) is 8.62. The van der Waals surface area contributed by atoms with Gasteiger partial charge in [0.2, 0.25) is 0 Å². The van der Waals surface area contributed by atoms with Crippen LogP contribution in [0.25, 0.3) is 11.0 Å². The molecule has 0 aliphatic heterocycles. The molecular formula is C20H17N5O3. The molecule has 2 heterocycles. The Morgan fingerprint density at radius 1 is 1.11 bits per heavy atom. The van der Waals surface area contributed by atoms with Gasteiger partial charge in [-0.2, -0.15) is 0 Å². The van der Waals surface area contributed by atoms with Gasteiger partial charge in [0.1, 0.15) is 12.0 Å². The number of nitrogens with zero attached hydrogens (tertiary/aromatic N) is 3. The molecule has 8 nitrogen and oxygen atoms in total. The predicted octanol–water partition coefficient (Wildman–Crippen LogP) is 2.60. The minimum absolute atomic E-state index is 0.226. The van der Waals surface area contributed by atoms with E-state index in [9.17, 15) is 9.59 Å². The van der Waals surface area contributed by atoms with Crippen molar-refractivity contribution in [2.45, 2.75) is 6.54 Å². The summed E-state index contributed by atoms with van der Waals surface area (Å²) in [6, 6.07) is 15.9. The van der Waals surface area contributed by atoms with Crippen molar-refractivity contribution in [3.8, 4) is 0 Å². The maximum absolute atomic E-state index is 12.5. The van der Waals surface area contributed by atoms with Crippen LogP contribution in [0.1, 0.15) is 16.1 Å². The first kappa shape index (κ1) is 17.5. The number of hydrogen-bond donors (Lipinski definition) is 2. The number of fused-ring (bicyclic) bond motifs is 1. The molecular weight excluding hydrogens is 358 g/mol. The Labute approximate surface area is 159 Å². The van der Waals surface area contributed by atoms with E-state index in [4.69, 9.17) is 4.52 Å². The minimum atomic E-state index is -0.229. The van der Waals surface area contributed by atoms with E-state index in [1.54, 1.807) is 41.9 Å². The SMILES string of the molecule is Cn1c(=O)c(Nc2ccc(C(=O)NCc3ccon3)cc2)nc2ccccc21. The fraction of sp³-hybridized carbons (Fsp3) is 0.100. The Morgan fingerprint density at radius 2 is 1.89 bits per heavy atom. The second-order valence-corrected chi connectivity index (χ2v) is 6.19. The van der Waals surface area contributed by atoms with E-state index in [1.807, 2.05) is 24.3 Å². The molecule has 0 aliphatic rings. The predicted molar refractivity (Wildman–Crippen MR) is 104 cm³/mol. The lowest BCUT2D eigenvalue weighted by atomic mass is 10.2. The zero-order valence-corrected chi connectivity index (χ0v) is 15.0. The summed E-state index contributed by atoms with van der Waals surface area (Å²) in [6.07, 6.45) is 1.45. The van der Waals surface area contributed by atoms with Gasteiger partial charge in [0.25, 0.3) is 11.5 Å². The molecule has 140 valence electrons. The largest absolute Gasteiger partial charge is 0.364 e. The number of aryl methyl sites for hydroxylation is 1. The second-order valence-electron chi connectivity index (χ2n) is 6.19. The van der Waals surface area contributed by atoms with Gasteiger partial charge in [-0.1, -0.05) is 17.3 Å². The number of aromatic nitrogens is 3. The van der Waals surface area contributed by atoms with E-state index >= 15 is 0 Å². The number of nitrogens with one attached hydrogen (secondary N) is 2. The number of para-hydroxylation sites is 2. The highest BCUT2D eigenvalue weighted by molar-refractivity contribution is 5.94. The molecule has 0 saturated carbocycles. The van der Waals surface area contributed by atoms with Gasteiger partial charge in [-0.05, 0) is 36.4 Å². The van der Waals surface area contributed by atoms with E-state index < -0.39 is 0 Å². The number of hydrogen-bond acceptors (Lipinski definition) is 6. The van der Waals surface area contributed by atoms with Crippen molar-refractivity contribution in [1.82, 2.24) is 20.0 Å². The smallest absolute Gasteiger partial charge is 0.293 e. The fourth-order valence-corrected chi connectivity index (χ4v) is 2.80. The topological polar surface area (TPSA) is 102 Å². The molecule has 0 radical (unpaired) electrons. The van der Waals surface area contributed by atoms with Gasteiger partial charge in [0.05, 0.1) is 17.6 Å². The van der Waals surface area contributed by atoms with Gasteiger partial charge in [-0.15, -0.1) is 0 Å². The minimum Gasteiger partial charge on any atom is -0.364 e. The van der Waals surface area contributed by atoms with Gasteiger partial charge >= 0.3 is 0 Å². The van der Waals surface area contributed by atoms with Crippen LogP contribution in [0, 0.1) is 0 Å². The lowest BCUT2D eigenvalue weighted by Crippen LogP contribution is -2.23. The van der Waals surface area contributed by atoms with Crippen molar-refractivity contribution in [3.63, 3.8) is 0 Å². The van der Waals surface area contributed by atoms with Gasteiger partial charge in [0, 0.05) is 24.4 Å². The van der Waals surface area contributed by atoms with E-state index in [-0.39, 0.29) is 23.8 Å². The monoisotopic (exact) mass is 375 g/mol. The number of benzene rings is 2. The van der Waals surface area contributed by atoms with Crippen molar-refractivity contribution in [1.29, 1.82) is 0 Å². The number of amides is 1. The summed E-state index contributed by atoms with van der Waals surface area (Å²) in [5, 5.41) is 9.53. The third kappa shape index (κ3) is 3.48. The molecule has 0 aliphatic carbocycles. The van der Waals surface area contributed by atoms with Crippen molar-refractivity contribution < 1.29 is 9.32 Å². The molecule has 4 aromatic rings. The lowest BCUT2D eigenvalue weighted by Gasteiger charge is -2.10. The van der Waals surface area contributed by atoms with Gasteiger partial charge in [-0.25, -0.2) is 4.98 Å². The van der Waals surface area contributed by atoms with Crippen molar-refractivity contribution in [2.75, 3.05) is 5.32 Å². The average molecular weight is 375 g/mol. The number of rotatable bonds is 5. The van der Waals surface area contributed by atoms with Crippen LogP contribution < -0.4 is 16.2 Å². The van der Waals surface area contributed by atoms with Gasteiger partial charge in [-0.3, -0.25) is 9.59 Å². The number of carbonyl (C=O) groups excluding carboxylic acids is 1. The van der Waals surface area contributed by atoms with Crippen LogP contribution in [0.5, 0.6) is 0 Å². The van der Waals surface area contributed by atoms with Crippen LogP contribution in [-0.4, -0.2) is 20.6 Å². The molecule has 0 fully saturated rings. The molecule has 2 aromatic carbocycles. The quantitative estimate of drug-likeness (QED) is 0.556. The summed E-state index contributed by atoms with van der Waals surface area (Å²) in [5.74, 6) is -0.00118. The standard InChI is InChI=1S/C20H17N5O3/c1-25-17-5-3-2-4-16(17)23-18(20(25)27)22-14-8-6-13(7-9-14)19(26)21-12-15-10-11-28-24-15/h2-11H,12H2,1H3,(H,21,26)(H,22,23). The molecule has 1 amide bonds. The van der Waals surface area contributed by atoms with Crippen LogP contribution in [0.4, 0.5) is 11.5 Å². The summed E-state index contributed by atoms with van der Waals surface area (Å²) in [4.78, 5) is 29.1. The molecule has 2 N–H and O–H groups in total. The summed E-state index contributed by atoms with van der Waals surface area (Å²) in [5.41, 5.74) is 3.05.